The summed E-state index contributed by atoms with van der Waals surface area (Å²) in [6.07, 6.45) is 1.15. The van der Waals surface area contributed by atoms with E-state index in [4.69, 9.17) is 9.47 Å². The number of aliphatic hydroxyl groups is 1. The maximum atomic E-state index is 14.2. The summed E-state index contributed by atoms with van der Waals surface area (Å²) in [6, 6.07) is 10.6. The summed E-state index contributed by atoms with van der Waals surface area (Å²) in [5, 5.41) is 14.5. The molecule has 0 heterocycles. The summed E-state index contributed by atoms with van der Waals surface area (Å²) in [6.45, 7) is 0.489. The lowest BCUT2D eigenvalue weighted by molar-refractivity contribution is 0.0443. The molecular formula is C19H21FN2O4. The molecule has 3 N–H and O–H groups in total. The second kappa shape index (κ2) is 8.05. The first-order valence-corrected chi connectivity index (χ1v) is 8.38. The molecule has 2 aromatic carbocycles. The molecule has 2 amide bonds. The van der Waals surface area contributed by atoms with Gasteiger partial charge in [-0.2, -0.15) is 0 Å². The van der Waals surface area contributed by atoms with Crippen molar-refractivity contribution in [3.63, 3.8) is 0 Å². The zero-order valence-corrected chi connectivity index (χ0v) is 14.4. The number of rotatable bonds is 6. The maximum absolute atomic E-state index is 14.2. The number of methoxy groups -OCH3 is 1. The molecule has 7 heteroatoms. The molecule has 0 spiro atoms. The van der Waals surface area contributed by atoms with Crippen LogP contribution in [0.15, 0.2) is 42.5 Å². The number of nitrogens with one attached hydrogen (secondary N) is 2. The molecule has 1 aliphatic rings. The summed E-state index contributed by atoms with van der Waals surface area (Å²) in [7, 11) is 1.54. The van der Waals surface area contributed by atoms with Crippen LogP contribution in [-0.4, -0.2) is 30.9 Å². The Kier molecular flexibility index (Phi) is 5.58. The summed E-state index contributed by atoms with van der Waals surface area (Å²) < 4.78 is 24.9. The van der Waals surface area contributed by atoms with E-state index in [0.717, 1.165) is 0 Å². The van der Waals surface area contributed by atoms with Gasteiger partial charge in [-0.05, 0) is 43.0 Å². The first-order chi connectivity index (χ1) is 12.5. The van der Waals surface area contributed by atoms with Gasteiger partial charge in [-0.15, -0.1) is 0 Å². The van der Waals surface area contributed by atoms with E-state index in [1.807, 2.05) is 0 Å². The summed E-state index contributed by atoms with van der Waals surface area (Å²) >= 11 is 0. The molecule has 6 nitrogen and oxygen atoms in total. The van der Waals surface area contributed by atoms with Crippen LogP contribution in [0.3, 0.4) is 0 Å². The van der Waals surface area contributed by atoms with Crippen molar-refractivity contribution in [3.8, 4) is 17.2 Å². The number of halogens is 1. The van der Waals surface area contributed by atoms with Crippen LogP contribution in [-0.2, 0) is 0 Å². The number of carbonyl (C=O) groups excluding carboxylic acids is 1. The smallest absolute Gasteiger partial charge is 0.319 e. The molecule has 0 bridgehead atoms. The van der Waals surface area contributed by atoms with E-state index in [2.05, 4.69) is 10.6 Å². The third-order valence-corrected chi connectivity index (χ3v) is 4.22. The second-order valence-electron chi connectivity index (χ2n) is 6.25. The van der Waals surface area contributed by atoms with Crippen molar-refractivity contribution in [1.82, 2.24) is 5.32 Å². The Morgan fingerprint density at radius 2 is 2.00 bits per heavy atom. The third-order valence-electron chi connectivity index (χ3n) is 4.22. The summed E-state index contributed by atoms with van der Waals surface area (Å²) in [5.41, 5.74) is 0.326. The summed E-state index contributed by atoms with van der Waals surface area (Å²) in [5.74, 6) is 0.813. The number of anilines is 1. The Hall–Kier alpha value is -2.80. The van der Waals surface area contributed by atoms with Gasteiger partial charge in [0, 0.05) is 24.4 Å². The quantitative estimate of drug-likeness (QED) is 0.736. The Bertz CT molecular complexity index is 778. The van der Waals surface area contributed by atoms with Gasteiger partial charge < -0.3 is 25.2 Å². The summed E-state index contributed by atoms with van der Waals surface area (Å²) in [4.78, 5) is 11.8. The topological polar surface area (TPSA) is 79.8 Å². The predicted molar refractivity (Wildman–Crippen MR) is 95.2 cm³/mol. The molecule has 0 aliphatic heterocycles. The number of aliphatic hydroxyl groups excluding tert-OH is 1. The lowest BCUT2D eigenvalue weighted by Gasteiger charge is -2.31. The first kappa shape index (κ1) is 18.0. The van der Waals surface area contributed by atoms with E-state index in [0.29, 0.717) is 42.5 Å². The average molecular weight is 360 g/mol. The molecule has 0 atom stereocenters. The Balaban J connectivity index is 1.55. The van der Waals surface area contributed by atoms with E-state index in [1.165, 1.54) is 19.2 Å². The number of benzene rings is 2. The molecule has 0 radical (unpaired) electrons. The van der Waals surface area contributed by atoms with Crippen LogP contribution in [0, 0.1) is 11.7 Å². The van der Waals surface area contributed by atoms with Gasteiger partial charge in [0.25, 0.3) is 0 Å². The van der Waals surface area contributed by atoms with Crippen molar-refractivity contribution >= 4 is 11.7 Å². The fraction of sp³-hybridized carbons (Fsp3) is 0.316. The van der Waals surface area contributed by atoms with Crippen LogP contribution in [0.5, 0.6) is 17.2 Å². The Labute approximate surface area is 150 Å². The highest BCUT2D eigenvalue weighted by Crippen LogP contribution is 2.29. The van der Waals surface area contributed by atoms with E-state index >= 15 is 0 Å². The van der Waals surface area contributed by atoms with Gasteiger partial charge in [0.1, 0.15) is 11.5 Å². The highest BCUT2D eigenvalue weighted by molar-refractivity contribution is 5.89. The van der Waals surface area contributed by atoms with Gasteiger partial charge in [0.15, 0.2) is 11.6 Å². The van der Waals surface area contributed by atoms with Crippen molar-refractivity contribution in [2.24, 2.45) is 5.92 Å². The molecule has 1 fully saturated rings. The van der Waals surface area contributed by atoms with E-state index in [1.54, 1.807) is 30.3 Å². The molecule has 2 aromatic rings. The number of urea groups is 1. The number of ether oxygens (including phenoxy) is 2. The zero-order chi connectivity index (χ0) is 18.5. The average Bonchev–Trinajstić information content (AvgIpc) is 2.60. The van der Waals surface area contributed by atoms with Crippen LogP contribution in [0.4, 0.5) is 14.9 Å². The van der Waals surface area contributed by atoms with Gasteiger partial charge in [0.2, 0.25) is 0 Å². The van der Waals surface area contributed by atoms with Crippen LogP contribution in [0.1, 0.15) is 12.8 Å². The molecule has 0 unspecified atom stereocenters. The first-order valence-electron chi connectivity index (χ1n) is 8.38. The van der Waals surface area contributed by atoms with Crippen LogP contribution in [0.25, 0.3) is 0 Å². The second-order valence-corrected chi connectivity index (χ2v) is 6.25. The molecule has 0 saturated heterocycles. The minimum absolute atomic E-state index is 0.0488. The zero-order valence-electron chi connectivity index (χ0n) is 14.4. The standard InChI is InChI=1S/C19H21FN2O4/c1-25-15-3-2-4-16(10-15)26-18-6-5-13(9-17(18)20)22-19(24)21-11-12-7-14(23)8-12/h2-6,9-10,12,14,23H,7-8,11H2,1H3,(H2,21,22,24). The van der Waals surface area contributed by atoms with Crippen LogP contribution in [0.2, 0.25) is 0 Å². The lowest BCUT2D eigenvalue weighted by Crippen LogP contribution is -2.40. The van der Waals surface area contributed by atoms with Crippen LogP contribution >= 0.6 is 0 Å². The van der Waals surface area contributed by atoms with Crippen LogP contribution < -0.4 is 20.1 Å². The monoisotopic (exact) mass is 360 g/mol. The molecule has 26 heavy (non-hydrogen) atoms. The number of carbonyl (C=O) groups is 1. The van der Waals surface area contributed by atoms with Crippen molar-refractivity contribution in [3.05, 3.63) is 48.3 Å². The highest BCUT2D eigenvalue weighted by atomic mass is 19.1. The fourth-order valence-corrected chi connectivity index (χ4v) is 2.73. The van der Waals surface area contributed by atoms with Gasteiger partial charge in [-0.3, -0.25) is 0 Å². The van der Waals surface area contributed by atoms with Gasteiger partial charge in [0.05, 0.1) is 13.2 Å². The highest BCUT2D eigenvalue weighted by Gasteiger charge is 2.27. The molecule has 1 aliphatic carbocycles. The van der Waals surface area contributed by atoms with Gasteiger partial charge in [-0.25, -0.2) is 9.18 Å². The molecular weight excluding hydrogens is 339 g/mol. The largest absolute Gasteiger partial charge is 0.497 e. The third kappa shape index (κ3) is 4.64. The number of hydrogen-bond donors (Lipinski definition) is 3. The SMILES string of the molecule is COc1cccc(Oc2ccc(NC(=O)NCC3CC(O)C3)cc2F)c1. The fourth-order valence-electron chi connectivity index (χ4n) is 2.73. The van der Waals surface area contributed by atoms with Crippen molar-refractivity contribution < 1.29 is 23.8 Å². The number of hydrogen-bond acceptors (Lipinski definition) is 4. The predicted octanol–water partition coefficient (Wildman–Crippen LogP) is 3.52. The molecule has 0 aromatic heterocycles. The molecule has 1 saturated carbocycles. The van der Waals surface area contributed by atoms with E-state index < -0.39 is 11.8 Å². The Morgan fingerprint density at radius 1 is 1.23 bits per heavy atom. The van der Waals surface area contributed by atoms with Crippen molar-refractivity contribution in [2.45, 2.75) is 18.9 Å². The minimum atomic E-state index is -0.590. The van der Waals surface area contributed by atoms with Gasteiger partial charge >= 0.3 is 6.03 Å². The normalized spacial score (nSPS) is 18.6. The van der Waals surface area contributed by atoms with E-state index in [-0.39, 0.29) is 11.9 Å². The lowest BCUT2D eigenvalue weighted by atomic mass is 9.82. The minimum Gasteiger partial charge on any atom is -0.497 e. The molecule has 138 valence electrons. The Morgan fingerprint density at radius 3 is 2.69 bits per heavy atom. The maximum Gasteiger partial charge on any atom is 0.319 e. The van der Waals surface area contributed by atoms with Crippen molar-refractivity contribution in [1.29, 1.82) is 0 Å². The van der Waals surface area contributed by atoms with Crippen molar-refractivity contribution in [2.75, 3.05) is 19.0 Å². The molecule has 3 rings (SSSR count). The van der Waals surface area contributed by atoms with Gasteiger partial charge in [-0.1, -0.05) is 6.07 Å². The number of amides is 2. The van der Waals surface area contributed by atoms with E-state index in [9.17, 15) is 14.3 Å².